The maximum Gasteiger partial charge on any atom is 0.303 e. The van der Waals surface area contributed by atoms with E-state index in [4.69, 9.17) is 14.6 Å². The zero-order valence-electron chi connectivity index (χ0n) is 24.9. The first-order valence-electron chi connectivity index (χ1n) is 14.9. The molecule has 3 aromatic carbocycles. The Morgan fingerprint density at radius 3 is 2.25 bits per heavy atom. The Morgan fingerprint density at radius 1 is 0.841 bits per heavy atom. The van der Waals surface area contributed by atoms with Crippen LogP contribution in [0.15, 0.2) is 77.7 Å². The molecule has 0 saturated carbocycles. The van der Waals surface area contributed by atoms with Crippen LogP contribution in [0.25, 0.3) is 0 Å². The van der Waals surface area contributed by atoms with Gasteiger partial charge >= 0.3 is 5.97 Å². The number of aliphatic carboxylic acids is 1. The summed E-state index contributed by atoms with van der Waals surface area (Å²) >= 11 is 1.67. The molecule has 1 aliphatic heterocycles. The Morgan fingerprint density at radius 2 is 1.57 bits per heavy atom. The minimum absolute atomic E-state index is 0.0270. The average Bonchev–Trinajstić information content (AvgIpc) is 3.02. The number of unbranched alkanes of at least 4 members (excludes halogenated alkanes) is 3. The molecule has 1 fully saturated rings. The number of benzene rings is 3. The van der Waals surface area contributed by atoms with Gasteiger partial charge < -0.3 is 30.3 Å². The third-order valence-corrected chi connectivity index (χ3v) is 8.36. The van der Waals surface area contributed by atoms with E-state index in [2.05, 4.69) is 10.6 Å². The number of hydrogen-bond donors (Lipinski definition) is 4. The Hall–Kier alpha value is -3.70. The van der Waals surface area contributed by atoms with Crippen molar-refractivity contribution in [3.05, 3.63) is 89.5 Å². The van der Waals surface area contributed by atoms with E-state index in [-0.39, 0.29) is 37.0 Å². The van der Waals surface area contributed by atoms with Crippen molar-refractivity contribution in [2.75, 3.05) is 16.4 Å². The second-order valence-electron chi connectivity index (χ2n) is 10.8. The van der Waals surface area contributed by atoms with Crippen LogP contribution in [-0.4, -0.2) is 39.9 Å². The molecular formula is C34H40N2O7S. The Kier molecular flexibility index (Phi) is 12.8. The molecule has 0 spiro atoms. The van der Waals surface area contributed by atoms with E-state index >= 15 is 0 Å². The molecule has 10 heteroatoms. The van der Waals surface area contributed by atoms with Crippen molar-refractivity contribution in [2.45, 2.75) is 81.9 Å². The number of ether oxygens (including phenoxy) is 2. The van der Waals surface area contributed by atoms with Crippen molar-refractivity contribution < 1.29 is 34.1 Å². The van der Waals surface area contributed by atoms with Crippen molar-refractivity contribution in [2.24, 2.45) is 0 Å². The highest BCUT2D eigenvalue weighted by atomic mass is 32.2. The van der Waals surface area contributed by atoms with Crippen LogP contribution in [0, 0.1) is 0 Å². The van der Waals surface area contributed by atoms with E-state index in [1.807, 2.05) is 72.8 Å². The SMILES string of the molecule is CC(=O)Nc1ccc(SC[C@H]2C[C@@H](c3ccc(CO)cc3)O[C@@H](c3cccc(NC(=O)CCCCCCC(=O)O)c3)O2)cc1. The molecule has 1 heterocycles. The van der Waals surface area contributed by atoms with E-state index in [0.717, 1.165) is 40.1 Å². The normalized spacial score (nSPS) is 18.0. The number of carboxylic acids is 1. The molecule has 1 aliphatic rings. The molecule has 0 unspecified atom stereocenters. The van der Waals surface area contributed by atoms with Crippen molar-refractivity contribution in [1.29, 1.82) is 0 Å². The summed E-state index contributed by atoms with van der Waals surface area (Å²) in [6, 6.07) is 22.9. The van der Waals surface area contributed by atoms with Gasteiger partial charge in [0, 0.05) is 53.8 Å². The third-order valence-electron chi connectivity index (χ3n) is 7.21. The van der Waals surface area contributed by atoms with Crippen LogP contribution in [0.5, 0.6) is 0 Å². The zero-order chi connectivity index (χ0) is 31.3. The first-order chi connectivity index (χ1) is 21.3. The minimum atomic E-state index is -0.793. The van der Waals surface area contributed by atoms with Gasteiger partial charge in [-0.2, -0.15) is 0 Å². The summed E-state index contributed by atoms with van der Waals surface area (Å²) in [7, 11) is 0. The quantitative estimate of drug-likeness (QED) is 0.107. The monoisotopic (exact) mass is 620 g/mol. The number of amides is 2. The summed E-state index contributed by atoms with van der Waals surface area (Å²) in [5, 5.41) is 24.0. The molecule has 4 N–H and O–H groups in total. The van der Waals surface area contributed by atoms with E-state index in [9.17, 15) is 19.5 Å². The first kappa shape index (κ1) is 33.2. The molecule has 0 bridgehead atoms. The number of carbonyl (C=O) groups is 3. The topological polar surface area (TPSA) is 134 Å². The van der Waals surface area contributed by atoms with Gasteiger partial charge in [-0.05, 0) is 60.4 Å². The highest BCUT2D eigenvalue weighted by Gasteiger charge is 2.32. The van der Waals surface area contributed by atoms with Gasteiger partial charge in [0.15, 0.2) is 6.29 Å². The molecule has 3 atom stereocenters. The summed E-state index contributed by atoms with van der Waals surface area (Å²) in [5.41, 5.74) is 4.03. The predicted molar refractivity (Wildman–Crippen MR) is 170 cm³/mol. The van der Waals surface area contributed by atoms with E-state index in [1.54, 1.807) is 11.8 Å². The summed E-state index contributed by atoms with van der Waals surface area (Å²) in [4.78, 5) is 35.6. The lowest BCUT2D eigenvalue weighted by Gasteiger charge is -2.36. The molecule has 4 rings (SSSR count). The fourth-order valence-corrected chi connectivity index (χ4v) is 5.87. The molecule has 0 aromatic heterocycles. The molecule has 44 heavy (non-hydrogen) atoms. The second-order valence-corrected chi connectivity index (χ2v) is 11.9. The largest absolute Gasteiger partial charge is 0.481 e. The molecule has 0 radical (unpaired) electrons. The van der Waals surface area contributed by atoms with Gasteiger partial charge in [-0.3, -0.25) is 14.4 Å². The third kappa shape index (κ3) is 10.8. The molecule has 9 nitrogen and oxygen atoms in total. The van der Waals surface area contributed by atoms with Crippen molar-refractivity contribution in [1.82, 2.24) is 0 Å². The zero-order valence-corrected chi connectivity index (χ0v) is 25.7. The van der Waals surface area contributed by atoms with E-state index in [1.165, 1.54) is 6.92 Å². The van der Waals surface area contributed by atoms with Gasteiger partial charge in [0.2, 0.25) is 11.8 Å². The van der Waals surface area contributed by atoms with Crippen LogP contribution in [0.1, 0.15) is 81.0 Å². The lowest BCUT2D eigenvalue weighted by Crippen LogP contribution is -2.31. The Labute approximate surface area is 262 Å². The number of nitrogens with one attached hydrogen (secondary N) is 2. The minimum Gasteiger partial charge on any atom is -0.481 e. The Balaban J connectivity index is 1.40. The van der Waals surface area contributed by atoms with Crippen molar-refractivity contribution >= 4 is 40.9 Å². The number of carboxylic acid groups (broad SMARTS) is 1. The number of hydrogen-bond acceptors (Lipinski definition) is 7. The standard InChI is InChI=1S/C34H40N2O7S/c1-23(38)35-27-15-17-30(18-16-27)44-22-29-20-31(25-13-11-24(21-37)12-14-25)43-34(42-29)26-7-6-8-28(19-26)36-32(39)9-4-2-3-5-10-33(40)41/h6-8,11-19,29,31,34,37H,2-5,9-10,20-22H2,1H3,(H,35,38)(H,36,39)(H,40,41)/t29-,31+,34+/m1/s1. The van der Waals surface area contributed by atoms with Crippen molar-refractivity contribution in [3.8, 4) is 0 Å². The molecule has 3 aromatic rings. The van der Waals surface area contributed by atoms with Crippen LogP contribution in [0.3, 0.4) is 0 Å². The number of rotatable bonds is 15. The van der Waals surface area contributed by atoms with Crippen molar-refractivity contribution in [3.63, 3.8) is 0 Å². The number of aliphatic hydroxyl groups is 1. The fraction of sp³-hybridized carbons (Fsp3) is 0.382. The Bertz CT molecular complexity index is 1380. The molecular weight excluding hydrogens is 580 g/mol. The smallest absolute Gasteiger partial charge is 0.303 e. The van der Waals surface area contributed by atoms with Gasteiger partial charge in [-0.1, -0.05) is 49.2 Å². The van der Waals surface area contributed by atoms with Crippen LogP contribution >= 0.6 is 11.8 Å². The van der Waals surface area contributed by atoms with Gasteiger partial charge in [0.25, 0.3) is 0 Å². The molecule has 0 aliphatic carbocycles. The first-order valence-corrected chi connectivity index (χ1v) is 15.9. The summed E-state index contributed by atoms with van der Waals surface area (Å²) in [5.74, 6) is -0.308. The van der Waals surface area contributed by atoms with Crippen LogP contribution < -0.4 is 10.6 Å². The lowest BCUT2D eigenvalue weighted by molar-refractivity contribution is -0.245. The lowest BCUT2D eigenvalue weighted by atomic mass is 10.0. The van der Waals surface area contributed by atoms with Gasteiger partial charge in [-0.15, -0.1) is 11.8 Å². The molecule has 1 saturated heterocycles. The fourth-order valence-electron chi connectivity index (χ4n) is 4.95. The van der Waals surface area contributed by atoms with Gasteiger partial charge in [0.05, 0.1) is 18.8 Å². The number of aliphatic hydroxyl groups excluding tert-OH is 1. The second kappa shape index (κ2) is 17.0. The maximum atomic E-state index is 12.6. The maximum absolute atomic E-state index is 12.6. The van der Waals surface area contributed by atoms with E-state index in [0.29, 0.717) is 37.1 Å². The molecule has 2 amide bonds. The van der Waals surface area contributed by atoms with Gasteiger partial charge in [0.1, 0.15) is 0 Å². The highest BCUT2D eigenvalue weighted by Crippen LogP contribution is 2.40. The van der Waals surface area contributed by atoms with Crippen LogP contribution in [0.2, 0.25) is 0 Å². The van der Waals surface area contributed by atoms with Crippen LogP contribution in [-0.2, 0) is 30.5 Å². The van der Waals surface area contributed by atoms with E-state index < -0.39 is 12.3 Å². The highest BCUT2D eigenvalue weighted by molar-refractivity contribution is 7.99. The summed E-state index contributed by atoms with van der Waals surface area (Å²) < 4.78 is 12.9. The average molecular weight is 621 g/mol. The predicted octanol–water partition coefficient (Wildman–Crippen LogP) is 6.84. The number of carbonyl (C=O) groups excluding carboxylic acids is 2. The van der Waals surface area contributed by atoms with Crippen LogP contribution in [0.4, 0.5) is 11.4 Å². The van der Waals surface area contributed by atoms with Gasteiger partial charge in [-0.25, -0.2) is 0 Å². The molecule has 234 valence electrons. The summed E-state index contributed by atoms with van der Waals surface area (Å²) in [6.07, 6.45) is 3.09. The number of thioether (sulfide) groups is 1. The summed E-state index contributed by atoms with van der Waals surface area (Å²) in [6.45, 7) is 1.45. The number of anilines is 2.